The molecule has 3 aromatic rings. The molecule has 0 fully saturated rings. The van der Waals surface area contributed by atoms with Crippen molar-refractivity contribution in [3.63, 3.8) is 0 Å². The zero-order valence-corrected chi connectivity index (χ0v) is 8.74. The van der Waals surface area contributed by atoms with Gasteiger partial charge in [-0.2, -0.15) is 0 Å². The number of rotatable bonds is 2. The summed E-state index contributed by atoms with van der Waals surface area (Å²) in [6, 6.07) is 12.2. The molecule has 2 aromatic heterocycles. The Labute approximate surface area is 93.4 Å². The number of imidazole rings is 1. The minimum Gasteiger partial charge on any atom is -0.291 e. The summed E-state index contributed by atoms with van der Waals surface area (Å²) in [4.78, 5) is 8.66. The van der Waals surface area contributed by atoms with E-state index in [9.17, 15) is 0 Å². The van der Waals surface area contributed by atoms with Gasteiger partial charge in [-0.05, 0) is 11.6 Å². The van der Waals surface area contributed by atoms with Crippen molar-refractivity contribution in [1.29, 1.82) is 0 Å². The summed E-state index contributed by atoms with van der Waals surface area (Å²) < 4.78 is 1.94. The Morgan fingerprint density at radius 2 is 1.94 bits per heavy atom. The van der Waals surface area contributed by atoms with E-state index in [4.69, 9.17) is 0 Å². The van der Waals surface area contributed by atoms with Crippen LogP contribution in [0.4, 0.5) is 0 Å². The average molecular weight is 209 g/mol. The molecule has 0 radical (unpaired) electrons. The van der Waals surface area contributed by atoms with Crippen LogP contribution in [-0.4, -0.2) is 14.4 Å². The van der Waals surface area contributed by atoms with Crippen molar-refractivity contribution in [2.75, 3.05) is 0 Å². The van der Waals surface area contributed by atoms with Crippen LogP contribution in [-0.2, 0) is 6.42 Å². The van der Waals surface area contributed by atoms with Crippen LogP contribution in [0.2, 0.25) is 0 Å². The fourth-order valence-corrected chi connectivity index (χ4v) is 1.77. The topological polar surface area (TPSA) is 30.2 Å². The van der Waals surface area contributed by atoms with Gasteiger partial charge in [-0.25, -0.2) is 9.97 Å². The van der Waals surface area contributed by atoms with Crippen LogP contribution in [0.1, 0.15) is 11.3 Å². The van der Waals surface area contributed by atoms with Crippen molar-refractivity contribution in [3.05, 3.63) is 66.2 Å². The fraction of sp³-hybridized carbons (Fsp3) is 0.0769. The van der Waals surface area contributed by atoms with E-state index < -0.39 is 0 Å². The third-order valence-corrected chi connectivity index (χ3v) is 2.51. The maximum absolute atomic E-state index is 4.46. The van der Waals surface area contributed by atoms with Crippen molar-refractivity contribution >= 4 is 5.78 Å². The smallest absolute Gasteiger partial charge is 0.233 e. The van der Waals surface area contributed by atoms with E-state index in [-0.39, 0.29) is 0 Å². The molecular formula is C13H11N3. The molecule has 0 N–H and O–H groups in total. The van der Waals surface area contributed by atoms with E-state index in [1.807, 2.05) is 41.1 Å². The summed E-state index contributed by atoms with van der Waals surface area (Å²) in [5.41, 5.74) is 2.32. The minimum absolute atomic E-state index is 0.758. The van der Waals surface area contributed by atoms with Crippen molar-refractivity contribution < 1.29 is 0 Å². The van der Waals surface area contributed by atoms with Crippen molar-refractivity contribution in [1.82, 2.24) is 14.4 Å². The molecule has 3 heteroatoms. The van der Waals surface area contributed by atoms with Gasteiger partial charge in [-0.15, -0.1) is 0 Å². The standard InChI is InChI=1S/C13H11N3/c1-2-5-11(6-3-1)9-12-10-16-8-4-7-14-13(16)15-12/h1-8,10H,9H2. The van der Waals surface area contributed by atoms with Gasteiger partial charge in [0.05, 0.1) is 5.69 Å². The monoisotopic (exact) mass is 209 g/mol. The van der Waals surface area contributed by atoms with E-state index in [2.05, 4.69) is 22.1 Å². The lowest BCUT2D eigenvalue weighted by atomic mass is 10.1. The normalized spacial score (nSPS) is 10.8. The highest BCUT2D eigenvalue weighted by molar-refractivity contribution is 5.32. The molecule has 0 saturated heterocycles. The molecule has 0 unspecified atom stereocenters. The van der Waals surface area contributed by atoms with Crippen LogP contribution in [0, 0.1) is 0 Å². The van der Waals surface area contributed by atoms with Gasteiger partial charge in [0, 0.05) is 25.0 Å². The van der Waals surface area contributed by atoms with Crippen LogP contribution in [0.25, 0.3) is 5.78 Å². The summed E-state index contributed by atoms with van der Waals surface area (Å²) in [6.07, 6.45) is 6.60. The Kier molecular flexibility index (Phi) is 2.14. The zero-order chi connectivity index (χ0) is 10.8. The molecule has 0 aliphatic rings. The predicted octanol–water partition coefficient (Wildman–Crippen LogP) is 2.32. The molecular weight excluding hydrogens is 198 g/mol. The summed E-state index contributed by atoms with van der Waals surface area (Å²) >= 11 is 0. The number of benzene rings is 1. The first-order chi connectivity index (χ1) is 7.92. The van der Waals surface area contributed by atoms with Gasteiger partial charge in [-0.1, -0.05) is 30.3 Å². The first-order valence-corrected chi connectivity index (χ1v) is 5.24. The molecule has 0 amide bonds. The molecule has 0 atom stereocenters. The van der Waals surface area contributed by atoms with E-state index in [0.29, 0.717) is 0 Å². The second kappa shape index (κ2) is 3.77. The number of fused-ring (bicyclic) bond motifs is 1. The van der Waals surface area contributed by atoms with E-state index in [1.165, 1.54) is 5.56 Å². The summed E-state index contributed by atoms with van der Waals surface area (Å²) in [7, 11) is 0. The quantitative estimate of drug-likeness (QED) is 0.648. The summed E-state index contributed by atoms with van der Waals surface area (Å²) in [5.74, 6) is 0.758. The highest BCUT2D eigenvalue weighted by atomic mass is 15.1. The maximum Gasteiger partial charge on any atom is 0.233 e. The number of hydrogen-bond acceptors (Lipinski definition) is 2. The Balaban J connectivity index is 1.95. The molecule has 1 aromatic carbocycles. The Morgan fingerprint density at radius 3 is 2.75 bits per heavy atom. The molecule has 3 rings (SSSR count). The van der Waals surface area contributed by atoms with Gasteiger partial charge >= 0.3 is 0 Å². The zero-order valence-electron chi connectivity index (χ0n) is 8.74. The van der Waals surface area contributed by atoms with Gasteiger partial charge in [0.1, 0.15) is 0 Å². The number of nitrogens with zero attached hydrogens (tertiary/aromatic N) is 3. The lowest BCUT2D eigenvalue weighted by Crippen LogP contribution is -1.86. The summed E-state index contributed by atoms with van der Waals surface area (Å²) in [6.45, 7) is 0. The molecule has 0 spiro atoms. The van der Waals surface area contributed by atoms with Gasteiger partial charge in [0.25, 0.3) is 0 Å². The van der Waals surface area contributed by atoms with E-state index in [1.54, 1.807) is 6.20 Å². The molecule has 0 aliphatic carbocycles. The number of hydrogen-bond donors (Lipinski definition) is 0. The number of aromatic nitrogens is 3. The molecule has 3 nitrogen and oxygen atoms in total. The van der Waals surface area contributed by atoms with Crippen molar-refractivity contribution in [2.24, 2.45) is 0 Å². The minimum atomic E-state index is 0.758. The van der Waals surface area contributed by atoms with Gasteiger partial charge < -0.3 is 0 Å². The molecule has 0 bridgehead atoms. The lowest BCUT2D eigenvalue weighted by Gasteiger charge is -1.95. The van der Waals surface area contributed by atoms with Crippen LogP contribution in [0.15, 0.2) is 55.0 Å². The molecule has 0 aliphatic heterocycles. The molecule has 78 valence electrons. The summed E-state index contributed by atoms with van der Waals surface area (Å²) in [5, 5.41) is 0. The van der Waals surface area contributed by atoms with Gasteiger partial charge in [-0.3, -0.25) is 4.40 Å². The third kappa shape index (κ3) is 1.67. The first kappa shape index (κ1) is 9.09. The van der Waals surface area contributed by atoms with Crippen LogP contribution < -0.4 is 0 Å². The largest absolute Gasteiger partial charge is 0.291 e. The Bertz CT molecular complexity index is 566. The molecule has 0 saturated carbocycles. The SMILES string of the molecule is c1ccc(Cc2cn3cccnc3n2)cc1. The predicted molar refractivity (Wildman–Crippen MR) is 62.2 cm³/mol. The van der Waals surface area contributed by atoms with Gasteiger partial charge in [0.15, 0.2) is 0 Å². The van der Waals surface area contributed by atoms with Crippen LogP contribution in [0.5, 0.6) is 0 Å². The van der Waals surface area contributed by atoms with Crippen molar-refractivity contribution in [2.45, 2.75) is 6.42 Å². The molecule has 16 heavy (non-hydrogen) atoms. The van der Waals surface area contributed by atoms with E-state index >= 15 is 0 Å². The van der Waals surface area contributed by atoms with Crippen molar-refractivity contribution in [3.8, 4) is 0 Å². The lowest BCUT2D eigenvalue weighted by molar-refractivity contribution is 1.11. The second-order valence-electron chi connectivity index (χ2n) is 3.72. The Hall–Kier alpha value is -2.16. The maximum atomic E-state index is 4.46. The second-order valence-corrected chi connectivity index (χ2v) is 3.72. The van der Waals surface area contributed by atoms with E-state index in [0.717, 1.165) is 17.9 Å². The van der Waals surface area contributed by atoms with Gasteiger partial charge in [0.2, 0.25) is 5.78 Å². The average Bonchev–Trinajstić information content (AvgIpc) is 2.72. The molecule has 2 heterocycles. The third-order valence-electron chi connectivity index (χ3n) is 2.51. The first-order valence-electron chi connectivity index (χ1n) is 5.24. The fourth-order valence-electron chi connectivity index (χ4n) is 1.77. The van der Waals surface area contributed by atoms with Crippen LogP contribution in [0.3, 0.4) is 0 Å². The van der Waals surface area contributed by atoms with Crippen LogP contribution >= 0.6 is 0 Å². The Morgan fingerprint density at radius 1 is 1.06 bits per heavy atom. The highest BCUT2D eigenvalue weighted by Crippen LogP contribution is 2.08. The highest BCUT2D eigenvalue weighted by Gasteiger charge is 2.02.